The largest absolute Gasteiger partial charge is 0.497 e. The fraction of sp³-hybridized carbons (Fsp3) is 0.333. The molecular formula is C30H33FN4O2. The first-order valence-electron chi connectivity index (χ1n) is 12.9. The average molecular weight is 501 g/mol. The molecule has 4 aromatic rings. The van der Waals surface area contributed by atoms with Gasteiger partial charge in [0.1, 0.15) is 17.3 Å². The van der Waals surface area contributed by atoms with Gasteiger partial charge in [0.2, 0.25) is 0 Å². The van der Waals surface area contributed by atoms with Crippen LogP contribution in [0.25, 0.3) is 10.9 Å². The molecule has 2 aliphatic heterocycles. The maximum atomic E-state index is 14.3. The second-order valence-corrected chi connectivity index (χ2v) is 9.85. The van der Waals surface area contributed by atoms with Crippen molar-refractivity contribution in [3.63, 3.8) is 0 Å². The van der Waals surface area contributed by atoms with Gasteiger partial charge in [-0.25, -0.2) is 4.39 Å². The molecule has 6 nitrogen and oxygen atoms in total. The van der Waals surface area contributed by atoms with Crippen LogP contribution in [0.2, 0.25) is 0 Å². The third-order valence-corrected chi connectivity index (χ3v) is 7.76. The highest BCUT2D eigenvalue weighted by Gasteiger charge is 2.27. The molecule has 0 bridgehead atoms. The number of ether oxygens (including phenoxy) is 2. The van der Waals surface area contributed by atoms with E-state index in [1.165, 1.54) is 33.8 Å². The molecule has 0 radical (unpaired) electrons. The van der Waals surface area contributed by atoms with Gasteiger partial charge in [-0.1, -0.05) is 18.2 Å². The minimum atomic E-state index is -0.153. The third-order valence-electron chi connectivity index (χ3n) is 7.76. The lowest BCUT2D eigenvalue weighted by molar-refractivity contribution is 0.245. The van der Waals surface area contributed by atoms with E-state index in [9.17, 15) is 4.39 Å². The number of hydrogen-bond donors (Lipinski definition) is 2. The summed E-state index contributed by atoms with van der Waals surface area (Å²) < 4.78 is 25.5. The zero-order valence-electron chi connectivity index (χ0n) is 21.4. The van der Waals surface area contributed by atoms with Crippen molar-refractivity contribution in [2.45, 2.75) is 19.0 Å². The Kier molecular flexibility index (Phi) is 6.49. The molecule has 2 aliphatic rings. The molecule has 1 saturated heterocycles. The van der Waals surface area contributed by atoms with Crippen molar-refractivity contribution in [2.24, 2.45) is 0 Å². The Morgan fingerprint density at radius 1 is 0.946 bits per heavy atom. The van der Waals surface area contributed by atoms with Crippen LogP contribution < -0.4 is 19.7 Å². The monoisotopic (exact) mass is 500 g/mol. The summed E-state index contributed by atoms with van der Waals surface area (Å²) in [5.74, 6) is 1.63. The van der Waals surface area contributed by atoms with E-state index < -0.39 is 0 Å². The summed E-state index contributed by atoms with van der Waals surface area (Å²) in [6.07, 6.45) is 0.980. The molecule has 2 N–H and O–H groups in total. The highest BCUT2D eigenvalue weighted by atomic mass is 19.1. The maximum Gasteiger partial charge on any atom is 0.146 e. The van der Waals surface area contributed by atoms with Gasteiger partial charge >= 0.3 is 0 Å². The second-order valence-electron chi connectivity index (χ2n) is 9.85. The van der Waals surface area contributed by atoms with Crippen LogP contribution in [0.15, 0.2) is 60.7 Å². The number of piperazine rings is 1. The van der Waals surface area contributed by atoms with Gasteiger partial charge < -0.3 is 24.7 Å². The first-order chi connectivity index (χ1) is 18.1. The molecule has 1 atom stereocenters. The first kappa shape index (κ1) is 23.8. The van der Waals surface area contributed by atoms with Crippen molar-refractivity contribution in [2.75, 3.05) is 51.8 Å². The van der Waals surface area contributed by atoms with E-state index in [0.29, 0.717) is 5.69 Å². The average Bonchev–Trinajstić information content (AvgIpc) is 3.32. The van der Waals surface area contributed by atoms with E-state index in [1.54, 1.807) is 20.3 Å². The van der Waals surface area contributed by atoms with E-state index in [-0.39, 0.29) is 11.9 Å². The van der Waals surface area contributed by atoms with Gasteiger partial charge in [0.05, 0.1) is 25.9 Å². The van der Waals surface area contributed by atoms with Gasteiger partial charge in [-0.05, 0) is 60.0 Å². The molecule has 0 saturated carbocycles. The summed E-state index contributed by atoms with van der Waals surface area (Å²) in [7, 11) is 3.44. The van der Waals surface area contributed by atoms with Gasteiger partial charge in [0, 0.05) is 61.4 Å². The van der Waals surface area contributed by atoms with Crippen LogP contribution in [-0.2, 0) is 13.0 Å². The highest BCUT2D eigenvalue weighted by molar-refractivity contribution is 5.86. The number of nitrogens with zero attached hydrogens (tertiary/aromatic N) is 2. The highest BCUT2D eigenvalue weighted by Crippen LogP contribution is 2.36. The molecule has 3 aromatic carbocycles. The molecule has 192 valence electrons. The van der Waals surface area contributed by atoms with Gasteiger partial charge in [0.15, 0.2) is 0 Å². The number of aromatic amines is 1. The Morgan fingerprint density at radius 3 is 2.57 bits per heavy atom. The number of halogens is 1. The van der Waals surface area contributed by atoms with E-state index in [0.717, 1.165) is 62.7 Å². The van der Waals surface area contributed by atoms with Crippen LogP contribution in [-0.4, -0.2) is 56.8 Å². The molecule has 0 amide bonds. The fourth-order valence-electron chi connectivity index (χ4n) is 5.82. The molecule has 0 aliphatic carbocycles. The topological polar surface area (TPSA) is 52.8 Å². The van der Waals surface area contributed by atoms with Crippen molar-refractivity contribution < 1.29 is 13.9 Å². The second kappa shape index (κ2) is 10.1. The number of aromatic nitrogens is 1. The number of hydrogen-bond acceptors (Lipinski definition) is 5. The number of nitrogens with one attached hydrogen (secondary N) is 2. The summed E-state index contributed by atoms with van der Waals surface area (Å²) in [5.41, 5.74) is 6.81. The number of anilines is 1. The summed E-state index contributed by atoms with van der Waals surface area (Å²) in [5, 5.41) is 4.96. The number of benzene rings is 3. The molecule has 1 fully saturated rings. The van der Waals surface area contributed by atoms with Crippen molar-refractivity contribution in [1.29, 1.82) is 0 Å². The Balaban J connectivity index is 1.23. The van der Waals surface area contributed by atoms with Crippen molar-refractivity contribution in [3.8, 4) is 11.5 Å². The van der Waals surface area contributed by atoms with E-state index in [4.69, 9.17) is 9.47 Å². The van der Waals surface area contributed by atoms with Crippen molar-refractivity contribution >= 4 is 16.6 Å². The zero-order chi connectivity index (χ0) is 25.4. The molecule has 3 heterocycles. The molecule has 37 heavy (non-hydrogen) atoms. The minimum absolute atomic E-state index is 0.0877. The van der Waals surface area contributed by atoms with Crippen LogP contribution in [0.3, 0.4) is 0 Å². The summed E-state index contributed by atoms with van der Waals surface area (Å²) in [6.45, 7) is 5.06. The Morgan fingerprint density at radius 2 is 1.78 bits per heavy atom. The SMILES string of the molecule is COc1ccc2[nH]c3c(c2c1)CCNC3c1ccc(OC)c(CN2CCN(c3ccccc3F)CC2)c1. The molecule has 6 rings (SSSR count). The van der Waals surface area contributed by atoms with Crippen LogP contribution >= 0.6 is 0 Å². The smallest absolute Gasteiger partial charge is 0.146 e. The summed E-state index contributed by atoms with van der Waals surface area (Å²) >= 11 is 0. The number of fused-ring (bicyclic) bond motifs is 3. The number of methoxy groups -OCH3 is 2. The van der Waals surface area contributed by atoms with Crippen LogP contribution in [0, 0.1) is 5.82 Å². The first-order valence-corrected chi connectivity index (χ1v) is 12.9. The lowest BCUT2D eigenvalue weighted by Crippen LogP contribution is -2.46. The van der Waals surface area contributed by atoms with Gasteiger partial charge in [-0.15, -0.1) is 0 Å². The van der Waals surface area contributed by atoms with Crippen LogP contribution in [0.1, 0.15) is 28.4 Å². The molecular weight excluding hydrogens is 467 g/mol. The number of rotatable bonds is 6. The lowest BCUT2D eigenvalue weighted by Gasteiger charge is -2.36. The fourth-order valence-corrected chi connectivity index (χ4v) is 5.82. The van der Waals surface area contributed by atoms with Crippen LogP contribution in [0.5, 0.6) is 11.5 Å². The van der Waals surface area contributed by atoms with Gasteiger partial charge in [0.25, 0.3) is 0 Å². The van der Waals surface area contributed by atoms with Crippen molar-refractivity contribution in [3.05, 3.63) is 88.9 Å². The predicted octanol–water partition coefficient (Wildman–Crippen LogP) is 4.88. The summed E-state index contributed by atoms with van der Waals surface area (Å²) in [4.78, 5) is 8.24. The van der Waals surface area contributed by atoms with E-state index >= 15 is 0 Å². The molecule has 7 heteroatoms. The van der Waals surface area contributed by atoms with Crippen molar-refractivity contribution in [1.82, 2.24) is 15.2 Å². The number of H-pyrrole nitrogens is 1. The van der Waals surface area contributed by atoms with E-state index in [2.05, 4.69) is 50.4 Å². The maximum absolute atomic E-state index is 14.3. The molecule has 1 aromatic heterocycles. The predicted molar refractivity (Wildman–Crippen MR) is 145 cm³/mol. The normalized spacial score (nSPS) is 18.1. The standard InChI is InChI=1S/C30H33FN4O2/c1-36-22-8-9-26-24(18-22)23-11-12-32-29(30(23)33-26)20-7-10-28(37-2)21(17-20)19-34-13-15-35(16-14-34)27-6-4-3-5-25(27)31/h3-10,17-18,29,32-33H,11-16,19H2,1-2H3. The van der Waals surface area contributed by atoms with Gasteiger partial charge in [-0.2, -0.15) is 0 Å². The Bertz CT molecular complexity index is 1410. The zero-order valence-corrected chi connectivity index (χ0v) is 21.4. The third kappa shape index (κ3) is 4.54. The lowest BCUT2D eigenvalue weighted by atomic mass is 9.93. The molecule has 1 unspecified atom stereocenters. The van der Waals surface area contributed by atoms with Gasteiger partial charge in [-0.3, -0.25) is 4.90 Å². The quantitative estimate of drug-likeness (QED) is 0.395. The summed E-state index contributed by atoms with van der Waals surface area (Å²) in [6, 6.07) is 19.9. The Labute approximate surface area is 217 Å². The van der Waals surface area contributed by atoms with Crippen LogP contribution in [0.4, 0.5) is 10.1 Å². The van der Waals surface area contributed by atoms with E-state index in [1.807, 2.05) is 18.2 Å². The number of para-hydroxylation sites is 1. The Hall–Kier alpha value is -3.55. The minimum Gasteiger partial charge on any atom is -0.497 e. The molecule has 0 spiro atoms.